The number of hydrogen-bond donors (Lipinski definition) is 4. The van der Waals surface area contributed by atoms with Gasteiger partial charge in [0.05, 0.1) is 23.0 Å². The largest absolute Gasteiger partial charge is 0.266 e. The van der Waals surface area contributed by atoms with Gasteiger partial charge in [0, 0.05) is 6.42 Å². The zero-order chi connectivity index (χ0) is 13.0. The second-order valence-corrected chi connectivity index (χ2v) is 4.67. The van der Waals surface area contributed by atoms with E-state index >= 15 is 0 Å². The molecule has 0 radical (unpaired) electrons. The van der Waals surface area contributed by atoms with E-state index in [9.17, 15) is 0 Å². The second kappa shape index (κ2) is 6.57. The van der Waals surface area contributed by atoms with Crippen LogP contribution in [0.2, 0.25) is 0 Å². The summed E-state index contributed by atoms with van der Waals surface area (Å²) in [6, 6.07) is 0. The summed E-state index contributed by atoms with van der Waals surface area (Å²) in [7, 11) is 0. The van der Waals surface area contributed by atoms with Crippen molar-refractivity contribution in [1.82, 2.24) is 10.8 Å². The molecule has 17 heavy (non-hydrogen) atoms. The maximum Gasteiger partial charge on any atom is 0.0872 e. The van der Waals surface area contributed by atoms with Gasteiger partial charge in [0.1, 0.15) is 0 Å². The molecule has 0 aliphatic heterocycles. The van der Waals surface area contributed by atoms with E-state index in [-0.39, 0.29) is 16.7 Å². The minimum absolute atomic E-state index is 0.249. The number of rotatable bonds is 5. The van der Waals surface area contributed by atoms with Crippen molar-refractivity contribution >= 4 is 0 Å². The van der Waals surface area contributed by atoms with Gasteiger partial charge in [0.2, 0.25) is 0 Å². The molecule has 1 fully saturated rings. The molecule has 4 N–H and O–H groups in total. The van der Waals surface area contributed by atoms with E-state index in [0.29, 0.717) is 25.2 Å². The molecule has 0 spiro atoms. The molecule has 8 heteroatoms. The molecule has 1 saturated carbocycles. The van der Waals surface area contributed by atoms with Crippen LogP contribution in [0.3, 0.4) is 0 Å². The van der Waals surface area contributed by atoms with Gasteiger partial charge in [-0.1, -0.05) is 13.8 Å². The Morgan fingerprint density at radius 2 is 1.29 bits per heavy atom. The van der Waals surface area contributed by atoms with Crippen molar-refractivity contribution in [2.24, 2.45) is 11.8 Å². The van der Waals surface area contributed by atoms with Gasteiger partial charge in [-0.25, -0.2) is 9.68 Å². The summed E-state index contributed by atoms with van der Waals surface area (Å²) in [5, 5.41) is 33.8. The van der Waals surface area contributed by atoms with Crippen LogP contribution in [0.15, 0.2) is 0 Å². The summed E-state index contributed by atoms with van der Waals surface area (Å²) >= 11 is 0. The Bertz CT molecular complexity index is 208. The molecular formula is C9H20N2O6. The highest BCUT2D eigenvalue weighted by Gasteiger charge is 2.33. The molecule has 102 valence electrons. The summed E-state index contributed by atoms with van der Waals surface area (Å²) in [5.74, 6) is 0.614. The fourth-order valence-corrected chi connectivity index (χ4v) is 2.24. The molecule has 1 unspecified atom stereocenters. The van der Waals surface area contributed by atoms with Gasteiger partial charge in [0.15, 0.2) is 0 Å². The molecule has 0 aromatic rings. The first-order valence-electron chi connectivity index (χ1n) is 5.57. The lowest BCUT2D eigenvalue weighted by atomic mass is 9.79. The van der Waals surface area contributed by atoms with Crippen molar-refractivity contribution in [2.75, 3.05) is 0 Å². The molecule has 0 saturated heterocycles. The predicted octanol–water partition coefficient (Wildman–Crippen LogP) is 1.20. The molecule has 1 rings (SSSR count). The average Bonchev–Trinajstić information content (AvgIpc) is 2.14. The van der Waals surface area contributed by atoms with Crippen molar-refractivity contribution < 1.29 is 30.5 Å². The summed E-state index contributed by atoms with van der Waals surface area (Å²) < 4.78 is 0. The van der Waals surface area contributed by atoms with Crippen molar-refractivity contribution in [1.29, 1.82) is 0 Å². The van der Waals surface area contributed by atoms with Gasteiger partial charge in [-0.05, 0) is 24.7 Å². The highest BCUT2D eigenvalue weighted by molar-refractivity contribution is 4.81. The highest BCUT2D eigenvalue weighted by Crippen LogP contribution is 2.33. The third-order valence-electron chi connectivity index (χ3n) is 3.09. The molecule has 1 aliphatic carbocycles. The Hall–Kier alpha value is -0.320. The quantitative estimate of drug-likeness (QED) is 0.541. The molecule has 8 nitrogen and oxygen atoms in total. The van der Waals surface area contributed by atoms with E-state index in [0.717, 1.165) is 0 Å². The van der Waals surface area contributed by atoms with Crippen LogP contribution < -0.4 is 0 Å². The molecule has 0 amide bonds. The summed E-state index contributed by atoms with van der Waals surface area (Å²) in [4.78, 5) is 9.53. The summed E-state index contributed by atoms with van der Waals surface area (Å²) in [5.41, 5.74) is 0. The molecule has 3 atom stereocenters. The van der Waals surface area contributed by atoms with Crippen molar-refractivity contribution in [2.45, 2.75) is 45.3 Å². The molecule has 1 aliphatic rings. The van der Waals surface area contributed by atoms with Gasteiger partial charge in [-0.15, -0.1) is 0 Å². The Balaban J connectivity index is 2.55. The van der Waals surface area contributed by atoms with E-state index in [2.05, 4.69) is 0 Å². The Kier molecular flexibility index (Phi) is 5.70. The van der Waals surface area contributed by atoms with E-state index in [1.807, 2.05) is 13.8 Å². The Morgan fingerprint density at radius 3 is 1.59 bits per heavy atom. The van der Waals surface area contributed by atoms with Gasteiger partial charge < -0.3 is 0 Å². The summed E-state index contributed by atoms with van der Waals surface area (Å²) in [6.07, 6.45) is 0.795. The predicted molar refractivity (Wildman–Crippen MR) is 52.7 cm³/mol. The first kappa shape index (κ1) is 14.7. The van der Waals surface area contributed by atoms with Crippen molar-refractivity contribution in [3.8, 4) is 0 Å². The van der Waals surface area contributed by atoms with Crippen LogP contribution >= 0.6 is 0 Å². The minimum atomic E-state index is -0.434. The molecule has 0 aromatic carbocycles. The van der Waals surface area contributed by atoms with Crippen molar-refractivity contribution in [3.63, 3.8) is 0 Å². The minimum Gasteiger partial charge on any atom is -0.266 e. The maximum atomic E-state index is 8.61. The third kappa shape index (κ3) is 5.23. The van der Waals surface area contributed by atoms with Crippen LogP contribution in [0.5, 0.6) is 0 Å². The van der Waals surface area contributed by atoms with Crippen LogP contribution in [0.25, 0.3) is 0 Å². The zero-order valence-electron chi connectivity index (χ0n) is 9.93. The fraction of sp³-hybridized carbons (Fsp3) is 1.00. The summed E-state index contributed by atoms with van der Waals surface area (Å²) in [6.45, 7) is 4.07. The molecule has 0 heterocycles. The van der Waals surface area contributed by atoms with Gasteiger partial charge in [-0.2, -0.15) is 0 Å². The second-order valence-electron chi connectivity index (χ2n) is 4.67. The lowest BCUT2D eigenvalue weighted by Gasteiger charge is -2.36. The van der Waals surface area contributed by atoms with Crippen LogP contribution in [0.4, 0.5) is 0 Å². The van der Waals surface area contributed by atoms with Crippen LogP contribution in [-0.4, -0.2) is 43.8 Å². The Labute approximate surface area is 99.3 Å². The van der Waals surface area contributed by atoms with Gasteiger partial charge in [-0.3, -0.25) is 20.8 Å². The topological polar surface area (TPSA) is 106 Å². The maximum absolute atomic E-state index is 8.61. The lowest BCUT2D eigenvalue weighted by molar-refractivity contribution is -0.521. The average molecular weight is 252 g/mol. The van der Waals surface area contributed by atoms with Crippen LogP contribution in [0, 0.1) is 11.8 Å². The lowest BCUT2D eigenvalue weighted by Crippen LogP contribution is -2.39. The molecule has 0 bridgehead atoms. The van der Waals surface area contributed by atoms with Crippen LogP contribution in [-0.2, 0) is 9.68 Å². The Morgan fingerprint density at radius 1 is 0.882 bits per heavy atom. The monoisotopic (exact) mass is 252 g/mol. The standard InChI is InChI=1S/C9H20N2O6/c1-6(2)7-3-8(16-10(12)13)5-9(4-7)17-11(14)15/h6-9,12-15H,3-5H2,1-2H3/t7?,8-,9+. The van der Waals surface area contributed by atoms with Crippen LogP contribution in [0.1, 0.15) is 33.1 Å². The van der Waals surface area contributed by atoms with Crippen molar-refractivity contribution in [3.05, 3.63) is 0 Å². The first-order chi connectivity index (χ1) is 7.88. The molecule has 0 aromatic heterocycles. The third-order valence-corrected chi connectivity index (χ3v) is 3.09. The first-order valence-corrected chi connectivity index (χ1v) is 5.57. The molecular weight excluding hydrogens is 232 g/mol. The zero-order valence-corrected chi connectivity index (χ0v) is 9.93. The van der Waals surface area contributed by atoms with E-state index in [1.54, 1.807) is 0 Å². The fourth-order valence-electron chi connectivity index (χ4n) is 2.24. The van der Waals surface area contributed by atoms with Gasteiger partial charge >= 0.3 is 0 Å². The smallest absolute Gasteiger partial charge is 0.0872 e. The number of hydrogen-bond acceptors (Lipinski definition) is 8. The number of nitrogens with zero attached hydrogens (tertiary/aromatic N) is 2. The van der Waals surface area contributed by atoms with E-state index < -0.39 is 12.2 Å². The highest BCUT2D eigenvalue weighted by atomic mass is 17.1. The van der Waals surface area contributed by atoms with E-state index in [1.165, 1.54) is 0 Å². The van der Waals surface area contributed by atoms with Gasteiger partial charge in [0.25, 0.3) is 0 Å². The van der Waals surface area contributed by atoms with E-state index in [4.69, 9.17) is 30.5 Å². The SMILES string of the molecule is CC(C)C1C[C@@H](ON(O)O)C[C@@H](ON(O)O)C1. The normalized spacial score (nSPS) is 30.5.